The van der Waals surface area contributed by atoms with Gasteiger partial charge >= 0.3 is 0 Å². The topological polar surface area (TPSA) is 39.2 Å². The van der Waals surface area contributed by atoms with Crippen LogP contribution in [0.4, 0.5) is 0 Å². The molecule has 1 aliphatic carbocycles. The molecule has 1 aromatic carbocycles. The van der Waals surface area contributed by atoms with Crippen LogP contribution in [0.15, 0.2) is 28.7 Å². The van der Waals surface area contributed by atoms with Crippen LogP contribution < -0.4 is 5.73 Å². The van der Waals surface area contributed by atoms with Gasteiger partial charge in [-0.2, -0.15) is 0 Å². The van der Waals surface area contributed by atoms with Crippen LogP contribution >= 0.6 is 11.6 Å². The van der Waals surface area contributed by atoms with Crippen molar-refractivity contribution in [2.24, 2.45) is 5.73 Å². The highest BCUT2D eigenvalue weighted by Gasteiger charge is 2.26. The molecule has 0 amide bonds. The normalized spacial score (nSPS) is 25.3. The van der Waals surface area contributed by atoms with E-state index in [1.54, 1.807) is 0 Å². The van der Waals surface area contributed by atoms with E-state index in [1.165, 1.54) is 12.8 Å². The third kappa shape index (κ3) is 2.07. The van der Waals surface area contributed by atoms with Gasteiger partial charge in [-0.3, -0.25) is 0 Å². The molecule has 0 aliphatic heterocycles. The summed E-state index contributed by atoms with van der Waals surface area (Å²) in [7, 11) is 0. The lowest BCUT2D eigenvalue weighted by Crippen LogP contribution is -2.31. The van der Waals surface area contributed by atoms with Crippen molar-refractivity contribution in [2.75, 3.05) is 0 Å². The maximum Gasteiger partial charge on any atom is 0.134 e. The van der Waals surface area contributed by atoms with E-state index in [2.05, 4.69) is 6.07 Å². The van der Waals surface area contributed by atoms with Crippen molar-refractivity contribution >= 4 is 22.6 Å². The molecule has 17 heavy (non-hydrogen) atoms. The summed E-state index contributed by atoms with van der Waals surface area (Å²) in [6, 6.07) is 8.06. The number of hydrogen-bond donors (Lipinski definition) is 1. The first-order valence-corrected chi connectivity index (χ1v) is 6.56. The van der Waals surface area contributed by atoms with Crippen molar-refractivity contribution in [3.05, 3.63) is 35.0 Å². The predicted octanol–water partition coefficient (Wildman–Crippen LogP) is 4.07. The summed E-state index contributed by atoms with van der Waals surface area (Å²) >= 11 is 5.98. The molecule has 3 heteroatoms. The van der Waals surface area contributed by atoms with Crippen molar-refractivity contribution in [3.8, 4) is 0 Å². The summed E-state index contributed by atoms with van der Waals surface area (Å²) in [5.74, 6) is 1.39. The predicted molar refractivity (Wildman–Crippen MR) is 70.4 cm³/mol. The van der Waals surface area contributed by atoms with Gasteiger partial charge < -0.3 is 10.2 Å². The number of benzene rings is 1. The van der Waals surface area contributed by atoms with Gasteiger partial charge in [0.2, 0.25) is 0 Å². The molecule has 3 rings (SSSR count). The summed E-state index contributed by atoms with van der Waals surface area (Å²) in [5, 5.41) is 1.82. The fraction of sp³-hybridized carbons (Fsp3) is 0.429. The van der Waals surface area contributed by atoms with Crippen LogP contribution in [0.25, 0.3) is 11.0 Å². The second kappa shape index (κ2) is 4.35. The van der Waals surface area contributed by atoms with E-state index in [0.29, 0.717) is 5.92 Å². The standard InChI is InChI=1S/C14H16ClNO/c15-10-5-6-13-9(7-10)8-14(17-13)11-3-1-2-4-12(11)16/h5-8,11-12H,1-4,16H2. The van der Waals surface area contributed by atoms with Crippen LogP contribution in [0.3, 0.4) is 0 Å². The Balaban J connectivity index is 1.99. The first kappa shape index (κ1) is 11.1. The molecule has 2 aromatic rings. The molecular formula is C14H16ClNO. The van der Waals surface area contributed by atoms with Gasteiger partial charge in [0.05, 0.1) is 0 Å². The molecule has 1 heterocycles. The molecule has 1 aromatic heterocycles. The number of fused-ring (bicyclic) bond motifs is 1. The van der Waals surface area contributed by atoms with Gasteiger partial charge in [-0.25, -0.2) is 0 Å². The summed E-state index contributed by atoms with van der Waals surface area (Å²) < 4.78 is 5.89. The van der Waals surface area contributed by atoms with E-state index < -0.39 is 0 Å². The van der Waals surface area contributed by atoms with Gasteiger partial charge in [-0.1, -0.05) is 24.4 Å². The zero-order valence-electron chi connectivity index (χ0n) is 9.66. The molecule has 2 N–H and O–H groups in total. The van der Waals surface area contributed by atoms with E-state index in [9.17, 15) is 0 Å². The summed E-state index contributed by atoms with van der Waals surface area (Å²) in [6.07, 6.45) is 4.72. The van der Waals surface area contributed by atoms with Crippen LogP contribution in [0.5, 0.6) is 0 Å². The molecule has 0 radical (unpaired) electrons. The first-order chi connectivity index (χ1) is 8.24. The SMILES string of the molecule is NC1CCCCC1c1cc2cc(Cl)ccc2o1. The number of halogens is 1. The third-order valence-electron chi connectivity index (χ3n) is 3.68. The van der Waals surface area contributed by atoms with E-state index >= 15 is 0 Å². The van der Waals surface area contributed by atoms with Gasteiger partial charge in [0.25, 0.3) is 0 Å². The monoisotopic (exact) mass is 249 g/mol. The van der Waals surface area contributed by atoms with Crippen LogP contribution in [-0.4, -0.2) is 6.04 Å². The van der Waals surface area contributed by atoms with E-state index in [-0.39, 0.29) is 6.04 Å². The molecule has 90 valence electrons. The maximum atomic E-state index is 6.18. The highest BCUT2D eigenvalue weighted by atomic mass is 35.5. The molecule has 1 saturated carbocycles. The Kier molecular flexibility index (Phi) is 2.85. The van der Waals surface area contributed by atoms with Crippen molar-refractivity contribution in [2.45, 2.75) is 37.6 Å². The highest BCUT2D eigenvalue weighted by molar-refractivity contribution is 6.31. The Hall–Kier alpha value is -0.990. The average molecular weight is 250 g/mol. The molecule has 0 saturated heterocycles. The Morgan fingerprint density at radius 1 is 1.18 bits per heavy atom. The van der Waals surface area contributed by atoms with Gasteiger partial charge in [-0.15, -0.1) is 0 Å². The smallest absolute Gasteiger partial charge is 0.134 e. The molecule has 0 bridgehead atoms. The van der Waals surface area contributed by atoms with E-state index in [4.69, 9.17) is 21.8 Å². The largest absolute Gasteiger partial charge is 0.461 e. The average Bonchev–Trinajstić information content (AvgIpc) is 2.72. The van der Waals surface area contributed by atoms with Crippen molar-refractivity contribution in [1.82, 2.24) is 0 Å². The Bertz CT molecular complexity index is 534. The number of hydrogen-bond acceptors (Lipinski definition) is 2. The second-order valence-corrected chi connectivity index (χ2v) is 5.32. The molecule has 2 nitrogen and oxygen atoms in total. The van der Waals surface area contributed by atoms with E-state index in [0.717, 1.165) is 34.6 Å². The molecule has 2 atom stereocenters. The summed E-state index contributed by atoms with van der Waals surface area (Å²) in [5.41, 5.74) is 7.08. The molecule has 1 aliphatic rings. The molecular weight excluding hydrogens is 234 g/mol. The lowest BCUT2D eigenvalue weighted by Gasteiger charge is -2.26. The third-order valence-corrected chi connectivity index (χ3v) is 3.92. The van der Waals surface area contributed by atoms with Crippen LogP contribution in [0.2, 0.25) is 5.02 Å². The zero-order valence-corrected chi connectivity index (χ0v) is 10.4. The fourth-order valence-corrected chi connectivity index (χ4v) is 2.91. The Morgan fingerprint density at radius 3 is 2.82 bits per heavy atom. The van der Waals surface area contributed by atoms with E-state index in [1.807, 2.05) is 18.2 Å². The minimum Gasteiger partial charge on any atom is -0.461 e. The zero-order chi connectivity index (χ0) is 11.8. The number of rotatable bonds is 1. The van der Waals surface area contributed by atoms with Crippen LogP contribution in [-0.2, 0) is 0 Å². The first-order valence-electron chi connectivity index (χ1n) is 6.18. The quantitative estimate of drug-likeness (QED) is 0.827. The minimum atomic E-state index is 0.236. The van der Waals surface area contributed by atoms with Crippen LogP contribution in [0, 0.1) is 0 Å². The van der Waals surface area contributed by atoms with Gasteiger partial charge in [0.15, 0.2) is 0 Å². The lowest BCUT2D eigenvalue weighted by atomic mass is 9.83. The molecule has 2 unspecified atom stereocenters. The fourth-order valence-electron chi connectivity index (χ4n) is 2.73. The van der Waals surface area contributed by atoms with Gasteiger partial charge in [-0.05, 0) is 37.1 Å². The van der Waals surface area contributed by atoms with Crippen molar-refractivity contribution in [1.29, 1.82) is 0 Å². The highest BCUT2D eigenvalue weighted by Crippen LogP contribution is 2.35. The lowest BCUT2D eigenvalue weighted by molar-refractivity contribution is 0.342. The van der Waals surface area contributed by atoms with Crippen LogP contribution in [0.1, 0.15) is 37.4 Å². The Morgan fingerprint density at radius 2 is 2.00 bits per heavy atom. The Labute approximate surface area is 106 Å². The van der Waals surface area contributed by atoms with Gasteiger partial charge in [0, 0.05) is 22.4 Å². The van der Waals surface area contributed by atoms with Crippen molar-refractivity contribution in [3.63, 3.8) is 0 Å². The molecule has 0 spiro atoms. The minimum absolute atomic E-state index is 0.236. The molecule has 1 fully saturated rings. The summed E-state index contributed by atoms with van der Waals surface area (Å²) in [4.78, 5) is 0. The second-order valence-electron chi connectivity index (χ2n) is 4.89. The maximum absolute atomic E-state index is 6.18. The van der Waals surface area contributed by atoms with Gasteiger partial charge in [0.1, 0.15) is 11.3 Å². The van der Waals surface area contributed by atoms with Crippen molar-refractivity contribution < 1.29 is 4.42 Å². The number of nitrogens with two attached hydrogens (primary N) is 1. The number of furan rings is 1. The summed E-state index contributed by atoms with van der Waals surface area (Å²) in [6.45, 7) is 0.